The molecule has 0 bridgehead atoms. The first kappa shape index (κ1) is 20.2. The summed E-state index contributed by atoms with van der Waals surface area (Å²) in [6.07, 6.45) is -1.46. The van der Waals surface area contributed by atoms with Crippen LogP contribution in [0.5, 0.6) is 0 Å². The van der Waals surface area contributed by atoms with Gasteiger partial charge in [0.25, 0.3) is 0 Å². The molecule has 5 atom stereocenters. The summed E-state index contributed by atoms with van der Waals surface area (Å²) in [6.45, 7) is 14.6. The largest absolute Gasteiger partial charge is 0.444 e. The quantitative estimate of drug-likeness (QED) is 0.827. The molecule has 0 aliphatic carbocycles. The van der Waals surface area contributed by atoms with Crippen LogP contribution in [0.25, 0.3) is 0 Å². The summed E-state index contributed by atoms with van der Waals surface area (Å²) >= 11 is 0. The number of carbonyl (C=O) groups is 1. The fraction of sp³-hybridized carbons (Fsp3) is 0.941. The minimum Gasteiger partial charge on any atom is -0.444 e. The van der Waals surface area contributed by atoms with Gasteiger partial charge in [-0.15, -0.1) is 0 Å². The highest BCUT2D eigenvalue weighted by Crippen LogP contribution is 2.38. The van der Waals surface area contributed by atoms with Crippen molar-refractivity contribution in [3.05, 3.63) is 0 Å². The van der Waals surface area contributed by atoms with Crippen LogP contribution in [0.3, 0.4) is 0 Å². The molecule has 0 radical (unpaired) electrons. The molecule has 136 valence electrons. The fourth-order valence-corrected chi connectivity index (χ4v) is 3.19. The molecule has 0 saturated carbocycles. The Labute approximate surface area is 139 Å². The summed E-state index contributed by atoms with van der Waals surface area (Å²) < 4.78 is 11.6. The first-order valence-corrected chi connectivity index (χ1v) is 8.31. The van der Waals surface area contributed by atoms with Gasteiger partial charge in [-0.3, -0.25) is 4.90 Å². The van der Waals surface area contributed by atoms with Crippen molar-refractivity contribution in [3.8, 4) is 0 Å². The average Bonchev–Trinajstić information content (AvgIpc) is 2.63. The van der Waals surface area contributed by atoms with Crippen molar-refractivity contribution >= 4 is 6.09 Å². The van der Waals surface area contributed by atoms with Crippen LogP contribution in [0.15, 0.2) is 0 Å². The standard InChI is InChI=1S/C17H33NO5/c1-10(9-19)13(20)11(2)14-12(3)18(17(7,8)22-14)15(21)23-16(4,5)6/h10-14,19-20H,9H2,1-8H3/t10-,11+,12-,13-,14+/m1/s1. The van der Waals surface area contributed by atoms with E-state index in [1.807, 2.05) is 48.5 Å². The SMILES string of the molecule is C[C@@H]([C@H](O)[C@H](C)CO)[C@@H]1OC(C)(C)N(C(=O)OC(C)(C)C)[C@@H]1C. The van der Waals surface area contributed by atoms with E-state index < -0.39 is 23.5 Å². The average molecular weight is 331 g/mol. The molecule has 0 aromatic carbocycles. The number of carbonyl (C=O) groups excluding carboxylic acids is 1. The van der Waals surface area contributed by atoms with Crippen LogP contribution in [-0.2, 0) is 9.47 Å². The van der Waals surface area contributed by atoms with Gasteiger partial charge in [0.2, 0.25) is 0 Å². The molecule has 0 spiro atoms. The third kappa shape index (κ3) is 4.58. The number of amides is 1. The highest BCUT2D eigenvalue weighted by atomic mass is 16.6. The van der Waals surface area contributed by atoms with Crippen molar-refractivity contribution in [2.45, 2.75) is 85.0 Å². The van der Waals surface area contributed by atoms with Crippen LogP contribution in [-0.4, -0.2) is 57.4 Å². The van der Waals surface area contributed by atoms with Gasteiger partial charge in [-0.2, -0.15) is 0 Å². The first-order valence-electron chi connectivity index (χ1n) is 8.31. The number of hydrogen-bond donors (Lipinski definition) is 2. The van der Waals surface area contributed by atoms with Crippen LogP contribution in [0.2, 0.25) is 0 Å². The lowest BCUT2D eigenvalue weighted by Gasteiger charge is -2.34. The van der Waals surface area contributed by atoms with Crippen molar-refractivity contribution in [2.75, 3.05) is 6.61 Å². The molecule has 1 aliphatic heterocycles. The van der Waals surface area contributed by atoms with Gasteiger partial charge in [-0.05, 0) is 41.5 Å². The van der Waals surface area contributed by atoms with Crippen LogP contribution in [0.4, 0.5) is 4.79 Å². The van der Waals surface area contributed by atoms with Gasteiger partial charge in [0.1, 0.15) is 11.3 Å². The van der Waals surface area contributed by atoms with E-state index in [0.717, 1.165) is 0 Å². The normalized spacial score (nSPS) is 28.3. The fourth-order valence-electron chi connectivity index (χ4n) is 3.19. The van der Waals surface area contributed by atoms with Crippen LogP contribution >= 0.6 is 0 Å². The van der Waals surface area contributed by atoms with E-state index in [9.17, 15) is 15.0 Å². The summed E-state index contributed by atoms with van der Waals surface area (Å²) in [5.74, 6) is -0.474. The Morgan fingerprint density at radius 2 is 1.87 bits per heavy atom. The number of rotatable bonds is 4. The summed E-state index contributed by atoms with van der Waals surface area (Å²) in [5, 5.41) is 19.6. The second kappa shape index (κ2) is 6.95. The molecule has 0 aromatic heterocycles. The maximum atomic E-state index is 12.5. The molecule has 23 heavy (non-hydrogen) atoms. The molecule has 1 heterocycles. The molecule has 1 amide bonds. The molecule has 1 aliphatic rings. The van der Waals surface area contributed by atoms with Crippen molar-refractivity contribution < 1.29 is 24.5 Å². The van der Waals surface area contributed by atoms with Gasteiger partial charge in [-0.1, -0.05) is 13.8 Å². The minimum absolute atomic E-state index is 0.0915. The monoisotopic (exact) mass is 331 g/mol. The molecule has 2 N–H and O–H groups in total. The summed E-state index contributed by atoms with van der Waals surface area (Å²) in [4.78, 5) is 14.1. The number of nitrogens with zero attached hydrogens (tertiary/aromatic N) is 1. The summed E-state index contributed by atoms with van der Waals surface area (Å²) in [6, 6.07) is -0.240. The number of aliphatic hydroxyl groups is 2. The summed E-state index contributed by atoms with van der Waals surface area (Å²) in [5.41, 5.74) is -1.40. The maximum Gasteiger partial charge on any atom is 0.412 e. The van der Waals surface area contributed by atoms with Crippen molar-refractivity contribution in [1.29, 1.82) is 0 Å². The Morgan fingerprint density at radius 3 is 2.30 bits per heavy atom. The van der Waals surface area contributed by atoms with Crippen LogP contribution in [0, 0.1) is 11.8 Å². The zero-order valence-corrected chi connectivity index (χ0v) is 15.7. The van der Waals surface area contributed by atoms with Gasteiger partial charge in [0, 0.05) is 18.4 Å². The van der Waals surface area contributed by atoms with Crippen molar-refractivity contribution in [2.24, 2.45) is 11.8 Å². The smallest absolute Gasteiger partial charge is 0.412 e. The highest BCUT2D eigenvalue weighted by Gasteiger charge is 2.51. The summed E-state index contributed by atoms with van der Waals surface area (Å²) in [7, 11) is 0. The molecular formula is C17H33NO5. The Hall–Kier alpha value is -0.850. The third-order valence-corrected chi connectivity index (χ3v) is 4.41. The molecule has 0 unspecified atom stereocenters. The van der Waals surface area contributed by atoms with Crippen LogP contribution in [0.1, 0.15) is 55.4 Å². The van der Waals surface area contributed by atoms with Crippen LogP contribution < -0.4 is 0 Å². The number of ether oxygens (including phenoxy) is 2. The second-order valence-electron chi connectivity index (χ2n) is 8.13. The Kier molecular flexibility index (Phi) is 6.10. The van der Waals surface area contributed by atoms with Gasteiger partial charge in [0.05, 0.1) is 18.2 Å². The van der Waals surface area contributed by atoms with E-state index in [1.165, 1.54) is 0 Å². The van der Waals surface area contributed by atoms with E-state index in [4.69, 9.17) is 9.47 Å². The Balaban J connectivity index is 2.95. The molecule has 1 saturated heterocycles. The molecule has 6 heteroatoms. The minimum atomic E-state index is -0.817. The molecule has 1 fully saturated rings. The second-order valence-corrected chi connectivity index (χ2v) is 8.13. The Bertz CT molecular complexity index is 418. The van der Waals surface area contributed by atoms with Crippen molar-refractivity contribution in [1.82, 2.24) is 4.90 Å². The van der Waals surface area contributed by atoms with Gasteiger partial charge < -0.3 is 19.7 Å². The molecule has 1 rings (SSSR count). The zero-order chi connectivity index (χ0) is 18.2. The van der Waals surface area contributed by atoms with E-state index in [-0.39, 0.29) is 30.6 Å². The van der Waals surface area contributed by atoms with E-state index in [0.29, 0.717) is 0 Å². The lowest BCUT2D eigenvalue weighted by Crippen LogP contribution is -2.50. The predicted molar refractivity (Wildman–Crippen MR) is 87.9 cm³/mol. The predicted octanol–water partition coefficient (Wildman–Crippen LogP) is 2.37. The molecule has 0 aromatic rings. The van der Waals surface area contributed by atoms with Gasteiger partial charge in [-0.25, -0.2) is 4.79 Å². The van der Waals surface area contributed by atoms with Gasteiger partial charge in [0.15, 0.2) is 0 Å². The third-order valence-electron chi connectivity index (χ3n) is 4.41. The lowest BCUT2D eigenvalue weighted by atomic mass is 9.87. The first-order chi connectivity index (χ1) is 10.3. The van der Waals surface area contributed by atoms with E-state index in [2.05, 4.69) is 0 Å². The molecule has 6 nitrogen and oxygen atoms in total. The van der Waals surface area contributed by atoms with E-state index >= 15 is 0 Å². The Morgan fingerprint density at radius 1 is 1.35 bits per heavy atom. The molecular weight excluding hydrogens is 298 g/mol. The van der Waals surface area contributed by atoms with Gasteiger partial charge >= 0.3 is 6.09 Å². The maximum absolute atomic E-state index is 12.5. The number of hydrogen-bond acceptors (Lipinski definition) is 5. The number of aliphatic hydroxyl groups excluding tert-OH is 2. The lowest BCUT2D eigenvalue weighted by molar-refractivity contribution is -0.105. The van der Waals surface area contributed by atoms with E-state index in [1.54, 1.807) is 11.8 Å². The highest BCUT2D eigenvalue weighted by molar-refractivity contribution is 5.69. The topological polar surface area (TPSA) is 79.2 Å². The van der Waals surface area contributed by atoms with Crippen molar-refractivity contribution in [3.63, 3.8) is 0 Å². The zero-order valence-electron chi connectivity index (χ0n) is 15.7.